The number of rotatable bonds is 5. The first-order valence-electron chi connectivity index (χ1n) is 7.18. The lowest BCUT2D eigenvalue weighted by Gasteiger charge is -2.36. The number of hydrazine groups is 1. The second-order valence-electron chi connectivity index (χ2n) is 5.90. The summed E-state index contributed by atoms with van der Waals surface area (Å²) in [6.07, 6.45) is 5.59. The molecule has 3 nitrogen and oxygen atoms in total. The van der Waals surface area contributed by atoms with Gasteiger partial charge in [0.1, 0.15) is 0 Å². The third kappa shape index (κ3) is 3.16. The minimum atomic E-state index is -0.0909. The zero-order valence-corrected chi connectivity index (χ0v) is 12.3. The average Bonchev–Trinajstić information content (AvgIpc) is 2.84. The first kappa shape index (κ1) is 14.5. The fourth-order valence-corrected chi connectivity index (χ4v) is 3.49. The van der Waals surface area contributed by atoms with Gasteiger partial charge in [-0.25, -0.2) is 0 Å². The zero-order chi connectivity index (χ0) is 13.9. The smallest absolute Gasteiger partial charge is 0.0847 e. The number of hydrogen-bond acceptors (Lipinski definition) is 3. The minimum absolute atomic E-state index is 0.0909. The van der Waals surface area contributed by atoms with Crippen LogP contribution in [0, 0.1) is 13.8 Å². The van der Waals surface area contributed by atoms with Crippen molar-refractivity contribution >= 4 is 0 Å². The van der Waals surface area contributed by atoms with Crippen molar-refractivity contribution in [1.29, 1.82) is 0 Å². The van der Waals surface area contributed by atoms with Crippen LogP contribution in [0.4, 0.5) is 0 Å². The monoisotopic (exact) mass is 262 g/mol. The summed E-state index contributed by atoms with van der Waals surface area (Å²) in [4.78, 5) is 0. The highest BCUT2D eigenvalue weighted by Crippen LogP contribution is 2.36. The molecule has 1 aliphatic rings. The minimum Gasteiger partial charge on any atom is -0.377 e. The van der Waals surface area contributed by atoms with Gasteiger partial charge >= 0.3 is 0 Å². The lowest BCUT2D eigenvalue weighted by atomic mass is 9.87. The van der Waals surface area contributed by atoms with Crippen LogP contribution in [0.15, 0.2) is 18.2 Å². The normalized spacial score (nSPS) is 19.6. The van der Waals surface area contributed by atoms with E-state index in [-0.39, 0.29) is 11.6 Å². The molecule has 1 aliphatic carbocycles. The predicted molar refractivity (Wildman–Crippen MR) is 78.9 cm³/mol. The number of methoxy groups -OCH3 is 1. The Morgan fingerprint density at radius 1 is 1.21 bits per heavy atom. The molecule has 0 spiro atoms. The molecule has 3 N–H and O–H groups in total. The topological polar surface area (TPSA) is 47.3 Å². The number of nitrogens with two attached hydrogens (primary N) is 1. The highest BCUT2D eigenvalue weighted by atomic mass is 16.5. The van der Waals surface area contributed by atoms with Gasteiger partial charge in [-0.3, -0.25) is 11.3 Å². The summed E-state index contributed by atoms with van der Waals surface area (Å²) in [6.45, 7) is 4.28. The molecule has 0 aromatic heterocycles. The van der Waals surface area contributed by atoms with E-state index in [1.165, 1.54) is 29.5 Å². The van der Waals surface area contributed by atoms with Crippen LogP contribution in [0.3, 0.4) is 0 Å². The molecule has 0 saturated heterocycles. The molecule has 1 aromatic carbocycles. The second kappa shape index (κ2) is 6.04. The summed E-state index contributed by atoms with van der Waals surface area (Å²) in [5, 5.41) is 0. The molecule has 0 aliphatic heterocycles. The Morgan fingerprint density at radius 3 is 2.26 bits per heavy atom. The van der Waals surface area contributed by atoms with E-state index < -0.39 is 0 Å². The van der Waals surface area contributed by atoms with Gasteiger partial charge in [0.2, 0.25) is 0 Å². The summed E-state index contributed by atoms with van der Waals surface area (Å²) in [6, 6.07) is 6.88. The van der Waals surface area contributed by atoms with Crippen molar-refractivity contribution in [3.05, 3.63) is 34.9 Å². The maximum Gasteiger partial charge on any atom is 0.0847 e. The first-order chi connectivity index (χ1) is 9.09. The van der Waals surface area contributed by atoms with Crippen molar-refractivity contribution in [1.82, 2.24) is 5.43 Å². The Balaban J connectivity index is 2.18. The number of hydrogen-bond donors (Lipinski definition) is 2. The SMILES string of the molecule is COC1(C(Cc2cc(C)cc(C)c2)NN)CCCC1. The van der Waals surface area contributed by atoms with Crippen LogP contribution in [0.2, 0.25) is 0 Å². The van der Waals surface area contributed by atoms with Gasteiger partial charge in [-0.1, -0.05) is 42.2 Å². The Kier molecular flexibility index (Phi) is 4.61. The predicted octanol–water partition coefficient (Wildman–Crippen LogP) is 2.64. The average molecular weight is 262 g/mol. The molecule has 1 unspecified atom stereocenters. The summed E-state index contributed by atoms with van der Waals surface area (Å²) in [5.74, 6) is 5.81. The Hall–Kier alpha value is -0.900. The van der Waals surface area contributed by atoms with E-state index in [1.807, 2.05) is 7.11 Å². The van der Waals surface area contributed by atoms with E-state index in [4.69, 9.17) is 10.6 Å². The molecule has 0 radical (unpaired) electrons. The van der Waals surface area contributed by atoms with Crippen molar-refractivity contribution in [3.63, 3.8) is 0 Å². The molecule has 0 amide bonds. The van der Waals surface area contributed by atoms with Crippen molar-refractivity contribution in [2.45, 2.75) is 57.6 Å². The fraction of sp³-hybridized carbons (Fsp3) is 0.625. The number of benzene rings is 1. The Bertz CT molecular complexity index is 405. The van der Waals surface area contributed by atoms with Gasteiger partial charge in [-0.2, -0.15) is 0 Å². The van der Waals surface area contributed by atoms with Gasteiger partial charge < -0.3 is 4.74 Å². The molecule has 0 bridgehead atoms. The quantitative estimate of drug-likeness (QED) is 0.633. The van der Waals surface area contributed by atoms with Gasteiger partial charge in [-0.15, -0.1) is 0 Å². The van der Waals surface area contributed by atoms with Crippen molar-refractivity contribution in [2.75, 3.05) is 7.11 Å². The summed E-state index contributed by atoms with van der Waals surface area (Å²) in [5.41, 5.74) is 6.86. The summed E-state index contributed by atoms with van der Waals surface area (Å²) in [7, 11) is 1.82. The summed E-state index contributed by atoms with van der Waals surface area (Å²) >= 11 is 0. The maximum atomic E-state index is 5.84. The van der Waals surface area contributed by atoms with E-state index >= 15 is 0 Å². The van der Waals surface area contributed by atoms with Gasteiger partial charge in [-0.05, 0) is 38.7 Å². The van der Waals surface area contributed by atoms with E-state index in [0.717, 1.165) is 19.3 Å². The van der Waals surface area contributed by atoms with Crippen LogP contribution in [0.5, 0.6) is 0 Å². The Labute approximate surface area is 116 Å². The summed E-state index contributed by atoms with van der Waals surface area (Å²) < 4.78 is 5.84. The van der Waals surface area contributed by atoms with Crippen LogP contribution in [-0.4, -0.2) is 18.8 Å². The molecule has 1 saturated carbocycles. The molecule has 0 heterocycles. The highest BCUT2D eigenvalue weighted by Gasteiger charge is 2.41. The fourth-order valence-electron chi connectivity index (χ4n) is 3.49. The van der Waals surface area contributed by atoms with Gasteiger partial charge in [0.25, 0.3) is 0 Å². The largest absolute Gasteiger partial charge is 0.377 e. The van der Waals surface area contributed by atoms with Gasteiger partial charge in [0, 0.05) is 7.11 Å². The molecule has 1 aromatic rings. The highest BCUT2D eigenvalue weighted by molar-refractivity contribution is 5.29. The molecular formula is C16H26N2O. The van der Waals surface area contributed by atoms with E-state index in [0.29, 0.717) is 0 Å². The van der Waals surface area contributed by atoms with Crippen molar-refractivity contribution in [3.8, 4) is 0 Å². The van der Waals surface area contributed by atoms with Crippen LogP contribution < -0.4 is 11.3 Å². The van der Waals surface area contributed by atoms with E-state index in [2.05, 4.69) is 37.5 Å². The zero-order valence-electron chi connectivity index (χ0n) is 12.3. The molecule has 106 valence electrons. The van der Waals surface area contributed by atoms with E-state index in [9.17, 15) is 0 Å². The second-order valence-corrected chi connectivity index (χ2v) is 5.90. The van der Waals surface area contributed by atoms with Gasteiger partial charge in [0.05, 0.1) is 11.6 Å². The van der Waals surface area contributed by atoms with Crippen LogP contribution in [0.1, 0.15) is 42.4 Å². The number of nitrogens with one attached hydrogen (secondary N) is 1. The van der Waals surface area contributed by atoms with E-state index in [1.54, 1.807) is 0 Å². The molecule has 1 fully saturated rings. The van der Waals surface area contributed by atoms with Crippen LogP contribution >= 0.6 is 0 Å². The number of ether oxygens (including phenoxy) is 1. The lowest BCUT2D eigenvalue weighted by molar-refractivity contribution is -0.0355. The van der Waals surface area contributed by atoms with Crippen LogP contribution in [-0.2, 0) is 11.2 Å². The first-order valence-corrected chi connectivity index (χ1v) is 7.18. The van der Waals surface area contributed by atoms with Crippen molar-refractivity contribution in [2.24, 2.45) is 5.84 Å². The molecule has 1 atom stereocenters. The lowest BCUT2D eigenvalue weighted by Crippen LogP contribution is -2.54. The molecular weight excluding hydrogens is 236 g/mol. The maximum absolute atomic E-state index is 5.84. The van der Waals surface area contributed by atoms with Crippen molar-refractivity contribution < 1.29 is 4.74 Å². The third-order valence-electron chi connectivity index (χ3n) is 4.41. The molecule has 3 heteroatoms. The molecule has 2 rings (SSSR count). The van der Waals surface area contributed by atoms with Gasteiger partial charge in [0.15, 0.2) is 0 Å². The number of aryl methyl sites for hydroxylation is 2. The standard InChI is InChI=1S/C16H26N2O/c1-12-8-13(2)10-14(9-12)11-15(18-17)16(19-3)6-4-5-7-16/h8-10,15,18H,4-7,11,17H2,1-3H3. The Morgan fingerprint density at radius 2 is 1.79 bits per heavy atom. The molecule has 19 heavy (non-hydrogen) atoms. The third-order valence-corrected chi connectivity index (χ3v) is 4.41. The van der Waals surface area contributed by atoms with Crippen LogP contribution in [0.25, 0.3) is 0 Å².